The van der Waals surface area contributed by atoms with Gasteiger partial charge in [0.05, 0.1) is 13.2 Å². The molecule has 0 aliphatic rings. The van der Waals surface area contributed by atoms with Crippen molar-refractivity contribution in [3.63, 3.8) is 0 Å². The van der Waals surface area contributed by atoms with Gasteiger partial charge in [-0.15, -0.1) is 0 Å². The lowest BCUT2D eigenvalue weighted by Crippen LogP contribution is -2.29. The molecule has 0 saturated carbocycles. The highest BCUT2D eigenvalue weighted by molar-refractivity contribution is 7.47. The molecule has 500 valence electrons. The largest absolute Gasteiger partial charge is 0.472 e. The molecule has 9 nitrogen and oxygen atoms in total. The van der Waals surface area contributed by atoms with Gasteiger partial charge in [0.25, 0.3) is 0 Å². The van der Waals surface area contributed by atoms with Gasteiger partial charge in [-0.3, -0.25) is 18.6 Å². The number of carbonyl (C=O) groups excluding carboxylic acids is 2. The Morgan fingerprint density at radius 3 is 0.953 bits per heavy atom. The van der Waals surface area contributed by atoms with Crippen molar-refractivity contribution in [2.75, 3.05) is 26.4 Å². The first-order valence-electron chi connectivity index (χ1n) is 36.6. The molecule has 86 heavy (non-hydrogen) atoms. The Kier molecular flexibility index (Phi) is 68.9. The maximum Gasteiger partial charge on any atom is 0.472 e. The number of rotatable bonds is 69. The molecule has 0 aliphatic heterocycles. The van der Waals surface area contributed by atoms with Crippen LogP contribution in [0.25, 0.3) is 0 Å². The van der Waals surface area contributed by atoms with Crippen LogP contribution in [0.3, 0.4) is 0 Å². The molecule has 0 saturated heterocycles. The minimum atomic E-state index is -4.40. The van der Waals surface area contributed by atoms with Gasteiger partial charge >= 0.3 is 19.8 Å². The van der Waals surface area contributed by atoms with E-state index in [2.05, 4.69) is 98.9 Å². The maximum atomic E-state index is 12.8. The number of phosphoric acid groups is 1. The standard InChI is InChI=1S/C76H138NO8P/c1-3-5-7-9-11-13-15-17-19-21-23-25-27-29-31-33-35-37-39-41-43-45-47-49-51-53-55-57-59-61-63-65-67-69-76(79)85-74(73-84-86(80,81)83-71-70-77)72-82-75(78)68-66-64-62-60-58-56-54-52-50-48-46-44-42-40-38-36-34-32-30-28-26-24-22-20-18-16-14-12-10-8-6-4-2/h5,7,11,13,17,19,23,25,29,31,35,37,41,43,74H,3-4,6,8-10,12,14-16,18,20-22,24,26-28,30,32-34,36,38-40,42,44-73,77H2,1-2H3,(H,80,81)/b7-5-,13-11-,19-17-,25-23-,31-29-,37-35-,43-41-. The Labute approximate surface area is 532 Å². The fraction of sp³-hybridized carbons (Fsp3) is 0.789. The number of allylic oxidation sites excluding steroid dienone is 14. The van der Waals surface area contributed by atoms with Crippen LogP contribution in [0.1, 0.15) is 354 Å². The molecule has 0 aromatic heterocycles. The molecule has 0 amide bonds. The van der Waals surface area contributed by atoms with Crippen LogP contribution in [-0.2, 0) is 32.7 Å². The summed E-state index contributed by atoms with van der Waals surface area (Å²) in [6.45, 7) is 3.68. The van der Waals surface area contributed by atoms with Gasteiger partial charge < -0.3 is 20.1 Å². The number of nitrogens with two attached hydrogens (primary N) is 1. The van der Waals surface area contributed by atoms with Crippen LogP contribution < -0.4 is 5.73 Å². The molecule has 0 spiro atoms. The third kappa shape index (κ3) is 70.3. The summed E-state index contributed by atoms with van der Waals surface area (Å²) >= 11 is 0. The molecular weight excluding hydrogens is 1090 g/mol. The zero-order valence-corrected chi connectivity index (χ0v) is 57.2. The van der Waals surface area contributed by atoms with Crippen molar-refractivity contribution in [3.05, 3.63) is 85.1 Å². The van der Waals surface area contributed by atoms with E-state index in [4.69, 9.17) is 24.3 Å². The third-order valence-corrected chi connectivity index (χ3v) is 17.0. The Morgan fingerprint density at radius 1 is 0.360 bits per heavy atom. The molecule has 2 unspecified atom stereocenters. The molecular formula is C76H138NO8P. The van der Waals surface area contributed by atoms with Crippen molar-refractivity contribution in [2.24, 2.45) is 5.73 Å². The fourth-order valence-corrected chi connectivity index (χ4v) is 11.4. The van der Waals surface area contributed by atoms with Crippen LogP contribution in [0, 0.1) is 0 Å². The minimum Gasteiger partial charge on any atom is -0.462 e. The second-order valence-corrected chi connectivity index (χ2v) is 25.9. The third-order valence-electron chi connectivity index (χ3n) is 16.0. The van der Waals surface area contributed by atoms with Crippen LogP contribution in [0.15, 0.2) is 85.1 Å². The summed E-state index contributed by atoms with van der Waals surface area (Å²) in [5.74, 6) is -0.818. The second kappa shape index (κ2) is 71.3. The van der Waals surface area contributed by atoms with E-state index in [-0.39, 0.29) is 38.6 Å². The summed E-state index contributed by atoms with van der Waals surface area (Å²) in [7, 11) is -4.40. The first-order valence-corrected chi connectivity index (χ1v) is 38.1. The molecule has 2 atom stereocenters. The van der Waals surface area contributed by atoms with E-state index in [1.54, 1.807) is 0 Å². The van der Waals surface area contributed by atoms with Crippen LogP contribution in [0.2, 0.25) is 0 Å². The van der Waals surface area contributed by atoms with Crippen LogP contribution in [0.5, 0.6) is 0 Å². The van der Waals surface area contributed by atoms with Crippen molar-refractivity contribution in [1.29, 1.82) is 0 Å². The molecule has 10 heteroatoms. The van der Waals surface area contributed by atoms with Crippen molar-refractivity contribution in [1.82, 2.24) is 0 Å². The number of hydrogen-bond acceptors (Lipinski definition) is 8. The van der Waals surface area contributed by atoms with Crippen LogP contribution >= 0.6 is 7.82 Å². The van der Waals surface area contributed by atoms with Gasteiger partial charge in [0, 0.05) is 19.4 Å². The Hall–Kier alpha value is -2.81. The summed E-state index contributed by atoms with van der Waals surface area (Å²) < 4.78 is 33.2. The van der Waals surface area contributed by atoms with Gasteiger partial charge in [0.2, 0.25) is 0 Å². The van der Waals surface area contributed by atoms with Crippen molar-refractivity contribution < 1.29 is 37.6 Å². The zero-order valence-electron chi connectivity index (χ0n) is 56.3. The summed E-state index contributed by atoms with van der Waals surface area (Å²) in [5, 5.41) is 0. The lowest BCUT2D eigenvalue weighted by molar-refractivity contribution is -0.161. The van der Waals surface area contributed by atoms with E-state index in [0.717, 1.165) is 89.9 Å². The van der Waals surface area contributed by atoms with E-state index < -0.39 is 26.5 Å². The first kappa shape index (κ1) is 83.2. The Morgan fingerprint density at radius 2 is 0.640 bits per heavy atom. The van der Waals surface area contributed by atoms with E-state index >= 15 is 0 Å². The lowest BCUT2D eigenvalue weighted by Gasteiger charge is -2.19. The Bertz CT molecular complexity index is 1690. The lowest BCUT2D eigenvalue weighted by atomic mass is 10.0. The van der Waals surface area contributed by atoms with Crippen LogP contribution in [-0.4, -0.2) is 49.3 Å². The zero-order chi connectivity index (χ0) is 62.3. The summed E-state index contributed by atoms with van der Waals surface area (Å²) in [5.41, 5.74) is 5.41. The topological polar surface area (TPSA) is 134 Å². The van der Waals surface area contributed by atoms with E-state index in [1.165, 1.54) is 231 Å². The molecule has 0 radical (unpaired) electrons. The number of phosphoric ester groups is 1. The molecule has 0 fully saturated rings. The average molecular weight is 1220 g/mol. The molecule has 0 aromatic carbocycles. The maximum absolute atomic E-state index is 12.8. The van der Waals surface area contributed by atoms with Crippen LogP contribution in [0.4, 0.5) is 0 Å². The average Bonchev–Trinajstić information content (AvgIpc) is 3.58. The number of esters is 2. The van der Waals surface area contributed by atoms with Crippen molar-refractivity contribution in [2.45, 2.75) is 360 Å². The predicted molar refractivity (Wildman–Crippen MR) is 372 cm³/mol. The quantitative estimate of drug-likeness (QED) is 0.0264. The molecule has 0 aliphatic carbocycles. The number of carbonyl (C=O) groups is 2. The van der Waals surface area contributed by atoms with Gasteiger partial charge in [-0.05, 0) is 70.6 Å². The second-order valence-electron chi connectivity index (χ2n) is 24.4. The van der Waals surface area contributed by atoms with Crippen molar-refractivity contribution in [3.8, 4) is 0 Å². The molecule has 0 heterocycles. The first-order chi connectivity index (χ1) is 42.3. The van der Waals surface area contributed by atoms with Gasteiger partial charge in [-0.2, -0.15) is 0 Å². The summed E-state index contributed by atoms with van der Waals surface area (Å²) in [6, 6.07) is 0. The fourth-order valence-electron chi connectivity index (χ4n) is 10.7. The van der Waals surface area contributed by atoms with E-state index in [9.17, 15) is 19.0 Å². The SMILES string of the molecule is CC/C=C\C/C=C\C/C=C\C/C=C\C/C=C\C/C=C\C/C=C\CCCCCCCCCCCCCC(=O)OC(COC(=O)CCCCCCCCCCCCCCCCCCCCCCCCCCCCCCCCCC)COP(=O)(O)OCCN. The molecule has 3 N–H and O–H groups in total. The van der Waals surface area contributed by atoms with Gasteiger partial charge in [0.15, 0.2) is 6.10 Å². The monoisotopic (exact) mass is 1220 g/mol. The van der Waals surface area contributed by atoms with E-state index in [1.807, 2.05) is 0 Å². The minimum absolute atomic E-state index is 0.0516. The predicted octanol–water partition coefficient (Wildman–Crippen LogP) is 24.1. The normalized spacial score (nSPS) is 13.4. The van der Waals surface area contributed by atoms with E-state index in [0.29, 0.717) is 6.42 Å². The number of ether oxygens (including phenoxy) is 2. The molecule has 0 rings (SSSR count). The number of hydrogen-bond donors (Lipinski definition) is 2. The van der Waals surface area contributed by atoms with Gasteiger partial charge in [-0.25, -0.2) is 4.57 Å². The molecule has 0 bridgehead atoms. The van der Waals surface area contributed by atoms with Gasteiger partial charge in [0.1, 0.15) is 6.61 Å². The molecule has 0 aromatic rings. The highest BCUT2D eigenvalue weighted by atomic mass is 31.2. The summed E-state index contributed by atoms with van der Waals surface area (Å²) in [6.07, 6.45) is 95.5. The highest BCUT2D eigenvalue weighted by Crippen LogP contribution is 2.43. The Balaban J connectivity index is 3.86. The highest BCUT2D eigenvalue weighted by Gasteiger charge is 2.26. The summed E-state index contributed by atoms with van der Waals surface area (Å²) in [4.78, 5) is 35.4. The number of unbranched alkanes of at least 4 members (excludes halogenated alkanes) is 42. The smallest absolute Gasteiger partial charge is 0.462 e. The van der Waals surface area contributed by atoms with Crippen molar-refractivity contribution >= 4 is 19.8 Å². The van der Waals surface area contributed by atoms with Gasteiger partial charge in [-0.1, -0.05) is 356 Å².